The number of aromatic amines is 1. The zero-order valence-electron chi connectivity index (χ0n) is 22.9. The van der Waals surface area contributed by atoms with Crippen molar-refractivity contribution in [3.8, 4) is 22.5 Å². The van der Waals surface area contributed by atoms with Crippen molar-refractivity contribution in [1.82, 2.24) is 25.5 Å². The van der Waals surface area contributed by atoms with Gasteiger partial charge >= 0.3 is 12.1 Å². The van der Waals surface area contributed by atoms with Crippen molar-refractivity contribution in [2.45, 2.75) is 51.3 Å². The number of aromatic nitrogens is 2. The third kappa shape index (κ3) is 4.47. The van der Waals surface area contributed by atoms with Gasteiger partial charge in [0.25, 0.3) is 5.91 Å². The number of imidazole rings is 1. The molecule has 4 amide bonds. The Morgan fingerprint density at radius 3 is 2.38 bits per heavy atom. The molecule has 1 spiro atoms. The van der Waals surface area contributed by atoms with Gasteiger partial charge in [0.2, 0.25) is 0 Å². The van der Waals surface area contributed by atoms with Crippen molar-refractivity contribution < 1.29 is 19.1 Å². The fourth-order valence-corrected chi connectivity index (χ4v) is 5.59. The van der Waals surface area contributed by atoms with Crippen LogP contribution in [-0.4, -0.2) is 51.1 Å². The van der Waals surface area contributed by atoms with E-state index in [-0.39, 0.29) is 11.9 Å². The maximum Gasteiger partial charge on any atom is 0.407 e. The van der Waals surface area contributed by atoms with Crippen LogP contribution < -0.4 is 10.6 Å². The van der Waals surface area contributed by atoms with E-state index in [4.69, 9.17) is 9.72 Å². The summed E-state index contributed by atoms with van der Waals surface area (Å²) in [5.41, 5.74) is 6.38. The maximum atomic E-state index is 12.6. The molecule has 1 aliphatic heterocycles. The lowest BCUT2D eigenvalue weighted by Gasteiger charge is -2.27. The van der Waals surface area contributed by atoms with Gasteiger partial charge in [-0.05, 0) is 60.7 Å². The van der Waals surface area contributed by atoms with Crippen LogP contribution in [0.1, 0.15) is 37.5 Å². The number of rotatable bonds is 4. The number of likely N-dealkylation sites (N-methyl/N-ethyl adjacent to an activating group) is 1. The summed E-state index contributed by atoms with van der Waals surface area (Å²) in [5.74, 6) is 0.515. The fraction of sp³-hybridized carbons (Fsp3) is 0.290. The number of carbonyl (C=O) groups is 3. The van der Waals surface area contributed by atoms with Gasteiger partial charge < -0.3 is 19.9 Å². The molecule has 1 fully saturated rings. The second-order valence-electron chi connectivity index (χ2n) is 11.5. The van der Waals surface area contributed by atoms with Crippen molar-refractivity contribution in [3.63, 3.8) is 0 Å². The monoisotopic (exact) mass is 537 g/mol. The number of hydrogen-bond donors (Lipinski definition) is 3. The van der Waals surface area contributed by atoms with E-state index in [0.29, 0.717) is 19.4 Å². The van der Waals surface area contributed by atoms with E-state index in [0.717, 1.165) is 50.2 Å². The highest BCUT2D eigenvalue weighted by Crippen LogP contribution is 2.39. The third-order valence-electron chi connectivity index (χ3n) is 7.67. The summed E-state index contributed by atoms with van der Waals surface area (Å²) < 4.78 is 5.36. The number of nitrogens with one attached hydrogen (secondary N) is 3. The molecule has 2 aliphatic rings. The molecule has 1 saturated heterocycles. The number of fused-ring (bicyclic) bond motifs is 2. The van der Waals surface area contributed by atoms with Crippen LogP contribution in [-0.2, 0) is 28.9 Å². The lowest BCUT2D eigenvalue weighted by atomic mass is 9.95. The minimum absolute atomic E-state index is 0.240. The Bertz CT molecular complexity index is 1620. The second kappa shape index (κ2) is 9.22. The number of carbonyl (C=O) groups excluding carboxylic acids is 3. The standard InChI is InChI=1S/C31H31N5O4/c1-30(2,3)40-29(39)32-17-20-7-5-6-8-23(20)18-9-11-19(12-10-18)26-33-24-13-21-15-31(16-22(21)14-25(24)34-26)27(37)35-28(38)36(31)4/h5-14H,15-17H2,1-4H3,(H,32,39)(H,33,34)(H,35,37,38). The topological polar surface area (TPSA) is 116 Å². The molecule has 204 valence electrons. The zero-order valence-corrected chi connectivity index (χ0v) is 22.9. The van der Waals surface area contributed by atoms with Crippen molar-refractivity contribution in [1.29, 1.82) is 0 Å². The van der Waals surface area contributed by atoms with Gasteiger partial charge in [0.05, 0.1) is 11.0 Å². The molecule has 9 heteroatoms. The van der Waals surface area contributed by atoms with Crippen molar-refractivity contribution in [2.75, 3.05) is 7.05 Å². The average Bonchev–Trinajstić information content (AvgIpc) is 3.55. The number of benzene rings is 3. The smallest absolute Gasteiger partial charge is 0.407 e. The van der Waals surface area contributed by atoms with E-state index in [1.54, 1.807) is 7.05 Å². The number of urea groups is 1. The van der Waals surface area contributed by atoms with E-state index >= 15 is 0 Å². The molecule has 1 atom stereocenters. The molecule has 4 aromatic rings. The highest BCUT2D eigenvalue weighted by atomic mass is 16.6. The van der Waals surface area contributed by atoms with Gasteiger partial charge in [-0.15, -0.1) is 0 Å². The maximum absolute atomic E-state index is 12.6. The van der Waals surface area contributed by atoms with Gasteiger partial charge in [-0.1, -0.05) is 48.5 Å². The number of H-pyrrole nitrogens is 1. The Balaban J connectivity index is 1.21. The molecule has 3 N–H and O–H groups in total. The summed E-state index contributed by atoms with van der Waals surface area (Å²) in [6, 6.07) is 19.8. The molecular formula is C31H31N5O4. The van der Waals surface area contributed by atoms with Crippen molar-refractivity contribution >= 4 is 29.1 Å². The molecule has 1 aliphatic carbocycles. The Morgan fingerprint density at radius 2 is 1.70 bits per heavy atom. The first kappa shape index (κ1) is 25.6. The van der Waals surface area contributed by atoms with E-state index in [1.165, 1.54) is 4.90 Å². The number of hydrogen-bond acceptors (Lipinski definition) is 5. The molecule has 6 rings (SSSR count). The normalized spacial score (nSPS) is 15.9. The van der Waals surface area contributed by atoms with Crippen molar-refractivity contribution in [3.05, 3.63) is 77.4 Å². The molecule has 9 nitrogen and oxygen atoms in total. The van der Waals surface area contributed by atoms with Gasteiger partial charge in [-0.2, -0.15) is 0 Å². The summed E-state index contributed by atoms with van der Waals surface area (Å²) in [7, 11) is 1.67. The van der Waals surface area contributed by atoms with Crippen LogP contribution in [0.5, 0.6) is 0 Å². The van der Waals surface area contributed by atoms with Crippen LogP contribution in [0.2, 0.25) is 0 Å². The number of imide groups is 1. The molecule has 40 heavy (non-hydrogen) atoms. The van der Waals surface area contributed by atoms with E-state index in [9.17, 15) is 14.4 Å². The van der Waals surface area contributed by atoms with Crippen LogP contribution in [0.25, 0.3) is 33.5 Å². The third-order valence-corrected chi connectivity index (χ3v) is 7.67. The molecule has 0 bridgehead atoms. The molecule has 1 unspecified atom stereocenters. The van der Waals surface area contributed by atoms with Gasteiger partial charge in [0.1, 0.15) is 17.0 Å². The molecular weight excluding hydrogens is 506 g/mol. The van der Waals surface area contributed by atoms with Crippen LogP contribution in [0.4, 0.5) is 9.59 Å². The highest BCUT2D eigenvalue weighted by molar-refractivity contribution is 6.08. The first-order valence-corrected chi connectivity index (χ1v) is 13.3. The Morgan fingerprint density at radius 1 is 1.02 bits per heavy atom. The first-order chi connectivity index (χ1) is 19.0. The fourth-order valence-electron chi connectivity index (χ4n) is 5.59. The van der Waals surface area contributed by atoms with Crippen LogP contribution in [0, 0.1) is 0 Å². The zero-order chi connectivity index (χ0) is 28.2. The van der Waals surface area contributed by atoms with Crippen LogP contribution in [0.15, 0.2) is 60.7 Å². The molecule has 3 aromatic carbocycles. The number of alkyl carbamates (subject to hydrolysis) is 1. The van der Waals surface area contributed by atoms with Gasteiger partial charge in [-0.25, -0.2) is 14.6 Å². The first-order valence-electron chi connectivity index (χ1n) is 13.3. The summed E-state index contributed by atoms with van der Waals surface area (Å²) in [5, 5.41) is 5.28. The van der Waals surface area contributed by atoms with Gasteiger partial charge in [0, 0.05) is 32.0 Å². The Labute approximate surface area is 231 Å². The van der Waals surface area contributed by atoms with Crippen LogP contribution >= 0.6 is 0 Å². The van der Waals surface area contributed by atoms with Gasteiger partial charge in [-0.3, -0.25) is 10.1 Å². The summed E-state index contributed by atoms with van der Waals surface area (Å²) in [6.45, 7) is 5.87. The quantitative estimate of drug-likeness (QED) is 0.319. The number of amides is 4. The van der Waals surface area contributed by atoms with Crippen molar-refractivity contribution in [2.24, 2.45) is 0 Å². The van der Waals surface area contributed by atoms with Crippen LogP contribution in [0.3, 0.4) is 0 Å². The average molecular weight is 538 g/mol. The predicted molar refractivity (Wildman–Crippen MR) is 151 cm³/mol. The largest absolute Gasteiger partial charge is 0.444 e. The lowest BCUT2D eigenvalue weighted by molar-refractivity contribution is -0.125. The lowest BCUT2D eigenvalue weighted by Crippen LogP contribution is -2.48. The molecule has 1 aromatic heterocycles. The van der Waals surface area contributed by atoms with Gasteiger partial charge in [0.15, 0.2) is 0 Å². The molecule has 2 heterocycles. The SMILES string of the molecule is CN1C(=O)NC(=O)C12Cc1cc3nc(-c4ccc(-c5ccccc5CNC(=O)OC(C)(C)C)cc4)[nH]c3cc1C2. The minimum atomic E-state index is -0.852. The predicted octanol–water partition coefficient (Wildman–Crippen LogP) is 4.94. The molecule has 0 radical (unpaired) electrons. The minimum Gasteiger partial charge on any atom is -0.444 e. The number of nitrogens with zero attached hydrogens (tertiary/aromatic N) is 2. The van der Waals surface area contributed by atoms with E-state index in [2.05, 4.69) is 15.6 Å². The molecule has 0 saturated carbocycles. The second-order valence-corrected chi connectivity index (χ2v) is 11.5. The Kier molecular flexibility index (Phi) is 5.90. The van der Waals surface area contributed by atoms with E-state index in [1.807, 2.05) is 81.4 Å². The summed E-state index contributed by atoms with van der Waals surface area (Å²) >= 11 is 0. The number of ether oxygens (including phenoxy) is 1. The summed E-state index contributed by atoms with van der Waals surface area (Å²) in [4.78, 5) is 46.6. The summed E-state index contributed by atoms with van der Waals surface area (Å²) in [6.07, 6.45) is 0.513. The Hall–Kier alpha value is -4.66. The highest BCUT2D eigenvalue weighted by Gasteiger charge is 2.54. The van der Waals surface area contributed by atoms with E-state index < -0.39 is 17.2 Å².